The van der Waals surface area contributed by atoms with Gasteiger partial charge in [-0.3, -0.25) is 0 Å². The summed E-state index contributed by atoms with van der Waals surface area (Å²) < 4.78 is 0. The fraction of sp³-hybridized carbons (Fsp3) is 0.538. The minimum absolute atomic E-state index is 0.0338. The van der Waals surface area contributed by atoms with E-state index in [4.69, 9.17) is 5.73 Å². The maximum absolute atomic E-state index is 5.92. The molecule has 1 heterocycles. The molecule has 1 aromatic rings. The Hall–Kier alpha value is -1.06. The van der Waals surface area contributed by atoms with Crippen LogP contribution in [0.2, 0.25) is 0 Å². The van der Waals surface area contributed by atoms with Crippen LogP contribution in [0, 0.1) is 6.92 Å². The fourth-order valence-electron chi connectivity index (χ4n) is 2.33. The number of aryl methyl sites for hydroxylation is 1. The van der Waals surface area contributed by atoms with Crippen LogP contribution in [0.1, 0.15) is 18.4 Å². The lowest BCUT2D eigenvalue weighted by Crippen LogP contribution is -2.56. The molecular formula is C13H21N3. The van der Waals surface area contributed by atoms with Gasteiger partial charge in [-0.05, 0) is 44.0 Å². The molecule has 1 aromatic carbocycles. The molecule has 0 saturated carbocycles. The van der Waals surface area contributed by atoms with Crippen molar-refractivity contribution in [1.29, 1.82) is 0 Å². The molecule has 0 aliphatic carbocycles. The molecule has 1 saturated heterocycles. The molecule has 1 unspecified atom stereocenters. The molecule has 1 aliphatic rings. The zero-order chi connectivity index (χ0) is 11.4. The van der Waals surface area contributed by atoms with Crippen LogP contribution in [0.5, 0.6) is 0 Å². The number of nitrogens with two attached hydrogens (primary N) is 1. The lowest BCUT2D eigenvalue weighted by Gasteiger charge is -2.38. The average Bonchev–Trinajstić information content (AvgIpc) is 2.30. The highest BCUT2D eigenvalue weighted by Crippen LogP contribution is 2.22. The first-order chi connectivity index (χ1) is 7.74. The molecule has 0 aromatic heterocycles. The first-order valence-electron chi connectivity index (χ1n) is 6.00. The van der Waals surface area contributed by atoms with E-state index in [0.717, 1.165) is 19.5 Å². The minimum atomic E-state index is 0.0338. The number of rotatable bonds is 3. The van der Waals surface area contributed by atoms with E-state index < -0.39 is 0 Å². The predicted molar refractivity (Wildman–Crippen MR) is 68.7 cm³/mol. The topological polar surface area (TPSA) is 50.1 Å². The first-order valence-corrected chi connectivity index (χ1v) is 6.00. The Balaban J connectivity index is 2.11. The molecule has 4 N–H and O–H groups in total. The Morgan fingerprint density at radius 1 is 1.50 bits per heavy atom. The smallest absolute Gasteiger partial charge is 0.0620 e. The van der Waals surface area contributed by atoms with Crippen LogP contribution in [-0.4, -0.2) is 25.2 Å². The highest BCUT2D eigenvalue weighted by Gasteiger charge is 2.30. The van der Waals surface area contributed by atoms with Crippen molar-refractivity contribution >= 4 is 5.69 Å². The second-order valence-electron chi connectivity index (χ2n) is 4.76. The Labute approximate surface area is 97.4 Å². The van der Waals surface area contributed by atoms with E-state index in [0.29, 0.717) is 6.54 Å². The highest BCUT2D eigenvalue weighted by atomic mass is 15.1. The third-order valence-electron chi connectivity index (χ3n) is 3.29. The minimum Gasteiger partial charge on any atom is -0.377 e. The van der Waals surface area contributed by atoms with Crippen molar-refractivity contribution in [2.45, 2.75) is 25.3 Å². The van der Waals surface area contributed by atoms with Crippen molar-refractivity contribution < 1.29 is 0 Å². The van der Waals surface area contributed by atoms with Gasteiger partial charge in [0.1, 0.15) is 0 Å². The summed E-state index contributed by atoms with van der Waals surface area (Å²) >= 11 is 0. The van der Waals surface area contributed by atoms with Gasteiger partial charge < -0.3 is 16.4 Å². The molecule has 1 atom stereocenters. The summed E-state index contributed by atoms with van der Waals surface area (Å²) in [6, 6.07) is 8.47. The van der Waals surface area contributed by atoms with Gasteiger partial charge in [-0.1, -0.05) is 12.1 Å². The summed E-state index contributed by atoms with van der Waals surface area (Å²) in [4.78, 5) is 0. The quantitative estimate of drug-likeness (QED) is 0.722. The molecule has 1 aliphatic heterocycles. The molecule has 2 rings (SSSR count). The summed E-state index contributed by atoms with van der Waals surface area (Å²) in [6.45, 7) is 4.85. The van der Waals surface area contributed by atoms with E-state index in [-0.39, 0.29) is 5.54 Å². The van der Waals surface area contributed by atoms with Gasteiger partial charge in [0.25, 0.3) is 0 Å². The third-order valence-corrected chi connectivity index (χ3v) is 3.29. The monoisotopic (exact) mass is 219 g/mol. The maximum Gasteiger partial charge on any atom is 0.0620 e. The van der Waals surface area contributed by atoms with Crippen LogP contribution in [0.15, 0.2) is 24.3 Å². The van der Waals surface area contributed by atoms with Crippen molar-refractivity contribution in [2.75, 3.05) is 25.0 Å². The zero-order valence-corrected chi connectivity index (χ0v) is 9.92. The fourth-order valence-corrected chi connectivity index (χ4v) is 2.33. The van der Waals surface area contributed by atoms with Gasteiger partial charge in [0, 0.05) is 18.8 Å². The second-order valence-corrected chi connectivity index (χ2v) is 4.76. The van der Waals surface area contributed by atoms with Crippen molar-refractivity contribution in [3.63, 3.8) is 0 Å². The van der Waals surface area contributed by atoms with Crippen LogP contribution in [-0.2, 0) is 0 Å². The summed E-state index contributed by atoms with van der Waals surface area (Å²) in [6.07, 6.45) is 2.33. The van der Waals surface area contributed by atoms with E-state index in [1.165, 1.54) is 17.7 Å². The van der Waals surface area contributed by atoms with Crippen LogP contribution >= 0.6 is 0 Å². The third kappa shape index (κ3) is 2.54. The van der Waals surface area contributed by atoms with E-state index in [2.05, 4.69) is 41.8 Å². The molecule has 3 nitrogen and oxygen atoms in total. The van der Waals surface area contributed by atoms with Crippen molar-refractivity contribution in [3.8, 4) is 0 Å². The van der Waals surface area contributed by atoms with Gasteiger partial charge in [0.05, 0.1) is 5.54 Å². The summed E-state index contributed by atoms with van der Waals surface area (Å²) in [5.41, 5.74) is 8.41. The lowest BCUT2D eigenvalue weighted by atomic mass is 9.90. The molecule has 3 heteroatoms. The zero-order valence-electron chi connectivity index (χ0n) is 9.92. The van der Waals surface area contributed by atoms with Crippen LogP contribution in [0.4, 0.5) is 5.69 Å². The van der Waals surface area contributed by atoms with E-state index in [1.807, 2.05) is 0 Å². The Kier molecular flexibility index (Phi) is 3.46. The molecule has 88 valence electrons. The number of piperidine rings is 1. The summed E-state index contributed by atoms with van der Waals surface area (Å²) in [5, 5.41) is 7.02. The van der Waals surface area contributed by atoms with Gasteiger partial charge in [-0.15, -0.1) is 0 Å². The number of hydrogen-bond donors (Lipinski definition) is 3. The van der Waals surface area contributed by atoms with Crippen molar-refractivity contribution in [3.05, 3.63) is 29.8 Å². The normalized spacial score (nSPS) is 25.4. The first kappa shape index (κ1) is 11.4. The second kappa shape index (κ2) is 4.85. The van der Waals surface area contributed by atoms with Crippen LogP contribution in [0.25, 0.3) is 0 Å². The van der Waals surface area contributed by atoms with Gasteiger partial charge >= 0.3 is 0 Å². The molecule has 0 amide bonds. The van der Waals surface area contributed by atoms with Crippen LogP contribution in [0.3, 0.4) is 0 Å². The molecule has 1 fully saturated rings. The molecule has 0 radical (unpaired) electrons. The number of hydrogen-bond acceptors (Lipinski definition) is 3. The molecule has 16 heavy (non-hydrogen) atoms. The largest absolute Gasteiger partial charge is 0.377 e. The Morgan fingerprint density at radius 3 is 3.00 bits per heavy atom. The molecular weight excluding hydrogens is 198 g/mol. The number of anilines is 1. The van der Waals surface area contributed by atoms with E-state index in [9.17, 15) is 0 Å². The summed E-state index contributed by atoms with van der Waals surface area (Å²) in [7, 11) is 0. The maximum atomic E-state index is 5.92. The molecule has 0 bridgehead atoms. The average molecular weight is 219 g/mol. The Bertz CT molecular complexity index is 343. The van der Waals surface area contributed by atoms with Gasteiger partial charge in [-0.25, -0.2) is 0 Å². The predicted octanol–water partition coefficient (Wildman–Crippen LogP) is 1.49. The van der Waals surface area contributed by atoms with Gasteiger partial charge in [0.2, 0.25) is 0 Å². The van der Waals surface area contributed by atoms with Gasteiger partial charge in [-0.2, -0.15) is 0 Å². The highest BCUT2D eigenvalue weighted by molar-refractivity contribution is 5.48. The number of benzene rings is 1. The SMILES string of the molecule is Cc1cccc(NC2(CN)CCCNC2)c1. The van der Waals surface area contributed by atoms with Crippen LogP contribution < -0.4 is 16.4 Å². The number of nitrogens with one attached hydrogen (secondary N) is 2. The van der Waals surface area contributed by atoms with Crippen molar-refractivity contribution in [1.82, 2.24) is 5.32 Å². The molecule has 0 spiro atoms. The van der Waals surface area contributed by atoms with E-state index in [1.54, 1.807) is 0 Å². The lowest BCUT2D eigenvalue weighted by molar-refractivity contribution is 0.350. The van der Waals surface area contributed by atoms with E-state index >= 15 is 0 Å². The standard InChI is InChI=1S/C13H21N3/c1-11-4-2-5-12(8-11)16-13(9-14)6-3-7-15-10-13/h2,4-5,8,15-16H,3,6-7,9-10,14H2,1H3. The Morgan fingerprint density at radius 2 is 2.38 bits per heavy atom. The van der Waals surface area contributed by atoms with Gasteiger partial charge in [0.15, 0.2) is 0 Å². The summed E-state index contributed by atoms with van der Waals surface area (Å²) in [5.74, 6) is 0. The van der Waals surface area contributed by atoms with Crippen molar-refractivity contribution in [2.24, 2.45) is 5.73 Å².